The van der Waals surface area contributed by atoms with Gasteiger partial charge in [-0.25, -0.2) is 9.79 Å². The first-order valence-corrected chi connectivity index (χ1v) is 12.5. The number of aliphatic imine (C=N–C) groups is 1. The molecule has 0 aliphatic carbocycles. The van der Waals surface area contributed by atoms with E-state index in [1.165, 1.54) is 19.3 Å². The van der Waals surface area contributed by atoms with E-state index in [-0.39, 0.29) is 17.1 Å². The van der Waals surface area contributed by atoms with Gasteiger partial charge in [-0.3, -0.25) is 4.79 Å². The molecule has 198 valence electrons. The second-order valence-electron chi connectivity index (χ2n) is 8.78. The van der Waals surface area contributed by atoms with Gasteiger partial charge in [0, 0.05) is 0 Å². The fraction of sp³-hybridized carbons (Fsp3) is 0.0938. The van der Waals surface area contributed by atoms with E-state index in [0.717, 1.165) is 0 Å². The maximum atomic E-state index is 14.3. The topological polar surface area (TPSA) is 92.9 Å². The van der Waals surface area contributed by atoms with Crippen molar-refractivity contribution in [2.24, 2.45) is 20.6 Å². The molecule has 0 fully saturated rings. The van der Waals surface area contributed by atoms with E-state index in [4.69, 9.17) is 24.7 Å². The summed E-state index contributed by atoms with van der Waals surface area (Å²) in [7, 11) is 2.50. The maximum Gasteiger partial charge on any atom is 0.354 e. The van der Waals surface area contributed by atoms with Crippen LogP contribution in [0.1, 0.15) is 11.1 Å². The molecule has 40 heavy (non-hydrogen) atoms. The summed E-state index contributed by atoms with van der Waals surface area (Å²) in [5, 5.41) is 11.2. The van der Waals surface area contributed by atoms with Gasteiger partial charge in [-0.1, -0.05) is 97.1 Å². The van der Waals surface area contributed by atoms with Gasteiger partial charge in [-0.15, -0.1) is 0 Å². The van der Waals surface area contributed by atoms with Gasteiger partial charge in [-0.05, 0) is 35.4 Å². The second kappa shape index (κ2) is 11.6. The summed E-state index contributed by atoms with van der Waals surface area (Å²) < 4.78 is 10.7. The largest absolute Gasteiger partial charge is 0.468 e. The fourth-order valence-electron chi connectivity index (χ4n) is 4.57. The first kappa shape index (κ1) is 26.2. The highest BCUT2D eigenvalue weighted by Crippen LogP contribution is 2.39. The van der Waals surface area contributed by atoms with Crippen molar-refractivity contribution in [3.05, 3.63) is 132 Å². The smallest absolute Gasteiger partial charge is 0.354 e. The lowest BCUT2D eigenvalue weighted by molar-refractivity contribution is -0.144. The molecule has 0 saturated carbocycles. The molecule has 1 heterocycles. The third-order valence-corrected chi connectivity index (χ3v) is 6.40. The zero-order valence-electron chi connectivity index (χ0n) is 22.0. The maximum absolute atomic E-state index is 14.3. The Bertz CT molecular complexity index is 1530. The zero-order valence-corrected chi connectivity index (χ0v) is 22.0. The number of nitrogens with zero attached hydrogens (tertiary/aromatic N) is 4. The highest BCUT2D eigenvalue weighted by atomic mass is 16.5. The second-order valence-corrected chi connectivity index (χ2v) is 8.78. The van der Waals surface area contributed by atoms with Crippen LogP contribution in [-0.4, -0.2) is 43.3 Å². The summed E-state index contributed by atoms with van der Waals surface area (Å²) in [5.41, 5.74) is 0.426. The number of ether oxygens (including phenoxy) is 2. The number of carbonyl (C=O) groups is 2. The Labute approximate surface area is 231 Å². The number of para-hydroxylation sites is 2. The minimum atomic E-state index is -1.99. The molecule has 1 aliphatic heterocycles. The Morgan fingerprint density at radius 1 is 0.650 bits per heavy atom. The van der Waals surface area contributed by atoms with Crippen LogP contribution in [0.25, 0.3) is 0 Å². The van der Waals surface area contributed by atoms with Gasteiger partial charge in [0.15, 0.2) is 5.71 Å². The monoisotopic (exact) mass is 530 g/mol. The SMILES string of the molecule is COC(=O)C(=Nc1ccccc1)C1(C(=O)OC)C(c2ccccc2)=NN(c2ccccc2)N=C1c1ccccc1. The lowest BCUT2D eigenvalue weighted by atomic mass is 9.69. The van der Waals surface area contributed by atoms with E-state index in [0.29, 0.717) is 22.5 Å². The summed E-state index contributed by atoms with van der Waals surface area (Å²) in [5.74, 6) is -1.61. The predicted molar refractivity (Wildman–Crippen MR) is 155 cm³/mol. The molecule has 1 aliphatic rings. The number of carbonyl (C=O) groups excluding carboxylic acids is 2. The fourth-order valence-corrected chi connectivity index (χ4v) is 4.57. The van der Waals surface area contributed by atoms with E-state index < -0.39 is 17.4 Å². The minimum Gasteiger partial charge on any atom is -0.468 e. The molecular formula is C32H26N4O4. The summed E-state index contributed by atoms with van der Waals surface area (Å²) in [4.78, 5) is 32.6. The molecule has 0 amide bonds. The minimum absolute atomic E-state index is 0.206. The Hall–Kier alpha value is -5.37. The van der Waals surface area contributed by atoms with Crippen LogP contribution in [0.3, 0.4) is 0 Å². The van der Waals surface area contributed by atoms with Gasteiger partial charge in [0.2, 0.25) is 5.41 Å². The summed E-state index contributed by atoms with van der Waals surface area (Å²) in [6.45, 7) is 0. The molecule has 4 aromatic carbocycles. The average molecular weight is 531 g/mol. The normalized spacial score (nSPS) is 14.6. The molecular weight excluding hydrogens is 504 g/mol. The zero-order chi connectivity index (χ0) is 28.0. The van der Waals surface area contributed by atoms with Crippen molar-refractivity contribution < 1.29 is 19.1 Å². The number of hydrazone groups is 2. The number of methoxy groups -OCH3 is 2. The molecule has 8 heteroatoms. The number of esters is 2. The van der Waals surface area contributed by atoms with Crippen molar-refractivity contribution in [3.8, 4) is 0 Å². The highest BCUT2D eigenvalue weighted by Gasteiger charge is 2.60. The Balaban J connectivity index is 1.93. The number of benzene rings is 4. The number of rotatable bonds is 7. The van der Waals surface area contributed by atoms with Gasteiger partial charge >= 0.3 is 11.9 Å². The molecule has 0 aromatic heterocycles. The Morgan fingerprint density at radius 3 is 1.55 bits per heavy atom. The van der Waals surface area contributed by atoms with Crippen molar-refractivity contribution in [1.29, 1.82) is 0 Å². The van der Waals surface area contributed by atoms with E-state index in [1.807, 2.05) is 97.1 Å². The van der Waals surface area contributed by atoms with E-state index in [1.54, 1.807) is 24.3 Å². The molecule has 0 atom stereocenters. The van der Waals surface area contributed by atoms with Crippen LogP contribution in [0.5, 0.6) is 0 Å². The third kappa shape index (κ3) is 4.78. The van der Waals surface area contributed by atoms with Crippen LogP contribution in [0.4, 0.5) is 11.4 Å². The van der Waals surface area contributed by atoms with E-state index in [9.17, 15) is 9.59 Å². The van der Waals surface area contributed by atoms with Gasteiger partial charge < -0.3 is 9.47 Å². The van der Waals surface area contributed by atoms with Crippen LogP contribution in [0.15, 0.2) is 137 Å². The molecule has 5 rings (SSSR count). The van der Waals surface area contributed by atoms with Crippen LogP contribution in [-0.2, 0) is 19.1 Å². The highest BCUT2D eigenvalue weighted by molar-refractivity contribution is 6.59. The lowest BCUT2D eigenvalue weighted by Crippen LogP contribution is -2.59. The molecule has 0 unspecified atom stereocenters. The van der Waals surface area contributed by atoms with Crippen molar-refractivity contribution in [2.45, 2.75) is 0 Å². The van der Waals surface area contributed by atoms with Crippen molar-refractivity contribution in [1.82, 2.24) is 0 Å². The van der Waals surface area contributed by atoms with Gasteiger partial charge in [0.05, 0.1) is 25.6 Å². The van der Waals surface area contributed by atoms with Gasteiger partial charge in [0.25, 0.3) is 0 Å². The molecule has 0 radical (unpaired) electrons. The third-order valence-electron chi connectivity index (χ3n) is 6.40. The lowest BCUT2D eigenvalue weighted by Gasteiger charge is -2.38. The number of hydrogen-bond donors (Lipinski definition) is 0. The Morgan fingerprint density at radius 2 is 1.10 bits per heavy atom. The predicted octanol–water partition coefficient (Wildman–Crippen LogP) is 5.42. The average Bonchev–Trinajstić information content (AvgIpc) is 3.04. The molecule has 0 saturated heterocycles. The van der Waals surface area contributed by atoms with Gasteiger partial charge in [-0.2, -0.15) is 15.3 Å². The van der Waals surface area contributed by atoms with Crippen molar-refractivity contribution in [2.75, 3.05) is 19.3 Å². The Kier molecular flexibility index (Phi) is 7.59. The number of anilines is 1. The van der Waals surface area contributed by atoms with Crippen molar-refractivity contribution >= 4 is 40.4 Å². The molecule has 8 nitrogen and oxygen atoms in total. The van der Waals surface area contributed by atoms with Crippen LogP contribution in [0, 0.1) is 5.41 Å². The summed E-state index contributed by atoms with van der Waals surface area (Å²) >= 11 is 0. The molecule has 4 aromatic rings. The van der Waals surface area contributed by atoms with Crippen LogP contribution >= 0.6 is 0 Å². The number of hydrogen-bond acceptors (Lipinski definition) is 8. The van der Waals surface area contributed by atoms with Crippen LogP contribution < -0.4 is 5.12 Å². The molecule has 0 N–H and O–H groups in total. The van der Waals surface area contributed by atoms with Gasteiger partial charge in [0.1, 0.15) is 11.4 Å². The summed E-state index contributed by atoms with van der Waals surface area (Å²) in [6.07, 6.45) is 0. The summed E-state index contributed by atoms with van der Waals surface area (Å²) in [6, 6.07) is 36.4. The van der Waals surface area contributed by atoms with E-state index in [2.05, 4.69) is 0 Å². The standard InChI is InChI=1S/C32H26N4O4/c1-39-30(37)29(33-25-19-11-5-12-20-25)32(31(38)40-2)27(23-15-7-3-8-16-23)34-36(26-21-13-6-14-22-26)35-28(32)24-17-9-4-10-18-24/h3-22H,1-2H3. The molecule has 0 spiro atoms. The quantitative estimate of drug-likeness (QED) is 0.235. The van der Waals surface area contributed by atoms with Crippen LogP contribution in [0.2, 0.25) is 0 Å². The first-order chi connectivity index (χ1) is 19.6. The first-order valence-electron chi connectivity index (χ1n) is 12.5. The van der Waals surface area contributed by atoms with E-state index >= 15 is 0 Å². The van der Waals surface area contributed by atoms with Crippen molar-refractivity contribution in [3.63, 3.8) is 0 Å². The molecule has 0 bridgehead atoms.